The van der Waals surface area contributed by atoms with Crippen LogP contribution in [0.3, 0.4) is 0 Å². The monoisotopic (exact) mass is 544 g/mol. The molecule has 3 heterocycles. The van der Waals surface area contributed by atoms with Gasteiger partial charge in [-0.2, -0.15) is 17.5 Å². The van der Waals surface area contributed by atoms with Crippen LogP contribution in [0.1, 0.15) is 18.2 Å². The van der Waals surface area contributed by atoms with E-state index in [0.717, 1.165) is 17.0 Å². The molecule has 1 N–H and O–H groups in total. The summed E-state index contributed by atoms with van der Waals surface area (Å²) in [5.74, 6) is 0. The highest BCUT2D eigenvalue weighted by Crippen LogP contribution is 2.39. The van der Waals surface area contributed by atoms with Crippen LogP contribution in [0.2, 0.25) is 0 Å². The molecule has 0 spiro atoms. The molecule has 2 aromatic heterocycles. The number of nitrogens with zero attached hydrogens (tertiary/aromatic N) is 4. The van der Waals surface area contributed by atoms with Crippen molar-refractivity contribution in [3.63, 3.8) is 0 Å². The summed E-state index contributed by atoms with van der Waals surface area (Å²) >= 11 is 1.14. The van der Waals surface area contributed by atoms with Gasteiger partial charge in [-0.3, -0.25) is 0 Å². The topological polar surface area (TPSA) is 87.9 Å². The van der Waals surface area contributed by atoms with Crippen molar-refractivity contribution in [2.24, 2.45) is 7.05 Å². The largest absolute Gasteiger partial charge is 0.421 e. The minimum Gasteiger partial charge on any atom is -0.376 e. The number of halogens is 3. The van der Waals surface area contributed by atoms with Crippen molar-refractivity contribution in [1.29, 1.82) is 0 Å². The maximum absolute atomic E-state index is 13.2. The molecule has 13 heteroatoms. The van der Waals surface area contributed by atoms with Crippen LogP contribution >= 0.6 is 11.3 Å². The summed E-state index contributed by atoms with van der Waals surface area (Å²) in [6.07, 6.45) is -1.35. The molecule has 1 saturated heterocycles. The average molecular weight is 545 g/mol. The SMILES string of the molecule is Cn1cnc(COC[C@H]2CN(S(=O)(=O)c3cccs3)CCN2c2ccc([C@](C)(O)C(F)(F)F)cc2)c1. The highest BCUT2D eigenvalue weighted by molar-refractivity contribution is 7.91. The summed E-state index contributed by atoms with van der Waals surface area (Å²) in [5.41, 5.74) is -1.93. The number of thiophene rings is 1. The van der Waals surface area contributed by atoms with Crippen LogP contribution in [0.15, 0.2) is 58.5 Å². The summed E-state index contributed by atoms with van der Waals surface area (Å²) in [6, 6.07) is 8.33. The van der Waals surface area contributed by atoms with Gasteiger partial charge in [-0.15, -0.1) is 11.3 Å². The lowest BCUT2D eigenvalue weighted by molar-refractivity contribution is -0.258. The van der Waals surface area contributed by atoms with E-state index in [1.165, 1.54) is 28.6 Å². The minimum atomic E-state index is -4.82. The molecular formula is C23H27F3N4O4S2. The molecule has 1 aromatic carbocycles. The van der Waals surface area contributed by atoms with Crippen LogP contribution in [-0.4, -0.2) is 65.8 Å². The molecule has 2 atom stereocenters. The maximum atomic E-state index is 13.2. The molecule has 0 bridgehead atoms. The number of rotatable bonds is 8. The van der Waals surface area contributed by atoms with Crippen molar-refractivity contribution in [3.05, 3.63) is 65.6 Å². The van der Waals surface area contributed by atoms with Crippen molar-refractivity contribution in [3.8, 4) is 0 Å². The molecule has 0 amide bonds. The van der Waals surface area contributed by atoms with Gasteiger partial charge in [0, 0.05) is 38.6 Å². The van der Waals surface area contributed by atoms with Crippen LogP contribution in [0.5, 0.6) is 0 Å². The zero-order valence-electron chi connectivity index (χ0n) is 19.7. The van der Waals surface area contributed by atoms with E-state index < -0.39 is 27.8 Å². The van der Waals surface area contributed by atoms with Gasteiger partial charge in [0.2, 0.25) is 0 Å². The molecule has 1 fully saturated rings. The number of aryl methyl sites for hydroxylation is 1. The van der Waals surface area contributed by atoms with Crippen molar-refractivity contribution in [1.82, 2.24) is 13.9 Å². The number of piperazine rings is 1. The molecular weight excluding hydrogens is 517 g/mol. The third-order valence-electron chi connectivity index (χ3n) is 6.17. The van der Waals surface area contributed by atoms with E-state index in [0.29, 0.717) is 19.2 Å². The van der Waals surface area contributed by atoms with Crippen LogP contribution < -0.4 is 4.90 Å². The average Bonchev–Trinajstić information content (AvgIpc) is 3.51. The van der Waals surface area contributed by atoms with Crippen LogP contribution in [0.25, 0.3) is 0 Å². The third kappa shape index (κ3) is 5.44. The second kappa shape index (κ2) is 10.1. The first kappa shape index (κ1) is 26.6. The molecule has 36 heavy (non-hydrogen) atoms. The molecule has 1 aliphatic heterocycles. The van der Waals surface area contributed by atoms with E-state index in [1.807, 2.05) is 18.1 Å². The molecule has 0 saturated carbocycles. The minimum absolute atomic E-state index is 0.143. The first-order valence-electron chi connectivity index (χ1n) is 11.1. The van der Waals surface area contributed by atoms with Crippen LogP contribution in [-0.2, 0) is 34.0 Å². The number of sulfonamides is 1. The fraction of sp³-hybridized carbons (Fsp3) is 0.435. The number of imidazole rings is 1. The van der Waals surface area contributed by atoms with Gasteiger partial charge in [0.1, 0.15) is 4.21 Å². The van der Waals surface area contributed by atoms with Crippen molar-refractivity contribution in [2.75, 3.05) is 31.1 Å². The molecule has 196 valence electrons. The molecule has 0 aliphatic carbocycles. The lowest BCUT2D eigenvalue weighted by atomic mass is 9.95. The Labute approximate surface area is 211 Å². The molecule has 4 rings (SSSR count). The number of hydrogen-bond acceptors (Lipinski definition) is 7. The van der Waals surface area contributed by atoms with Gasteiger partial charge in [-0.05, 0) is 36.1 Å². The number of aliphatic hydroxyl groups is 1. The van der Waals surface area contributed by atoms with E-state index in [1.54, 1.807) is 28.4 Å². The zero-order chi connectivity index (χ0) is 26.1. The molecule has 0 unspecified atom stereocenters. The van der Waals surface area contributed by atoms with Crippen LogP contribution in [0, 0.1) is 0 Å². The Morgan fingerprint density at radius 2 is 1.92 bits per heavy atom. The van der Waals surface area contributed by atoms with E-state index in [2.05, 4.69) is 4.98 Å². The van der Waals surface area contributed by atoms with Gasteiger partial charge in [0.15, 0.2) is 5.60 Å². The first-order chi connectivity index (χ1) is 16.9. The van der Waals surface area contributed by atoms with Gasteiger partial charge in [0.25, 0.3) is 10.0 Å². The zero-order valence-corrected chi connectivity index (χ0v) is 21.4. The Hall–Kier alpha value is -2.45. The predicted molar refractivity (Wildman–Crippen MR) is 129 cm³/mol. The van der Waals surface area contributed by atoms with Crippen molar-refractivity contribution < 1.29 is 31.4 Å². The Kier molecular flexibility index (Phi) is 7.49. The standard InChI is InChI=1S/C23H27F3N4O4S2/c1-22(31,23(24,25)26)17-5-7-19(8-6-17)30-10-9-29(36(32,33)21-4-3-11-35-21)13-20(30)15-34-14-18-12-28(2)16-27-18/h3-8,11-12,16,20,31H,9-10,13-15H2,1-2H3/t20-,22+/m1/s1. The van der Waals surface area contributed by atoms with Gasteiger partial charge in [-0.1, -0.05) is 18.2 Å². The van der Waals surface area contributed by atoms with E-state index in [4.69, 9.17) is 4.74 Å². The summed E-state index contributed by atoms with van der Waals surface area (Å²) in [5, 5.41) is 11.7. The Bertz CT molecular complexity index is 1260. The first-order valence-corrected chi connectivity index (χ1v) is 13.5. The Morgan fingerprint density at radius 3 is 2.50 bits per heavy atom. The molecule has 3 aromatic rings. The van der Waals surface area contributed by atoms with Crippen molar-refractivity contribution >= 4 is 27.0 Å². The normalized spacial score (nSPS) is 19.4. The lowest BCUT2D eigenvalue weighted by Crippen LogP contribution is -2.56. The van der Waals surface area contributed by atoms with E-state index >= 15 is 0 Å². The van der Waals surface area contributed by atoms with Crippen molar-refractivity contribution in [2.45, 2.75) is 35.6 Å². The smallest absolute Gasteiger partial charge is 0.376 e. The summed E-state index contributed by atoms with van der Waals surface area (Å²) < 4.78 is 75.3. The highest BCUT2D eigenvalue weighted by atomic mass is 32.2. The molecule has 1 aliphatic rings. The molecule has 0 radical (unpaired) electrons. The summed E-state index contributed by atoms with van der Waals surface area (Å²) in [6.45, 7) is 1.79. The maximum Gasteiger partial charge on any atom is 0.421 e. The number of aromatic nitrogens is 2. The van der Waals surface area contributed by atoms with Gasteiger partial charge in [0.05, 0.1) is 31.3 Å². The van der Waals surface area contributed by atoms with Gasteiger partial charge < -0.3 is 19.3 Å². The third-order valence-corrected chi connectivity index (χ3v) is 9.40. The van der Waals surface area contributed by atoms with Gasteiger partial charge in [-0.25, -0.2) is 13.4 Å². The lowest BCUT2D eigenvalue weighted by Gasteiger charge is -2.42. The number of anilines is 1. The fourth-order valence-electron chi connectivity index (χ4n) is 4.05. The van der Waals surface area contributed by atoms with E-state index in [9.17, 15) is 26.7 Å². The highest BCUT2D eigenvalue weighted by Gasteiger charge is 2.51. The summed E-state index contributed by atoms with van der Waals surface area (Å²) in [4.78, 5) is 6.14. The quantitative estimate of drug-likeness (QED) is 0.468. The number of hydrogen-bond donors (Lipinski definition) is 1. The number of alkyl halides is 3. The Morgan fingerprint density at radius 1 is 1.19 bits per heavy atom. The van der Waals surface area contributed by atoms with Gasteiger partial charge >= 0.3 is 6.18 Å². The predicted octanol–water partition coefficient (Wildman–Crippen LogP) is 3.35. The second-order valence-corrected chi connectivity index (χ2v) is 11.9. The number of ether oxygens (including phenoxy) is 1. The van der Waals surface area contributed by atoms with E-state index in [-0.39, 0.29) is 36.1 Å². The Balaban J connectivity index is 1.55. The number of benzene rings is 1. The summed E-state index contributed by atoms with van der Waals surface area (Å²) in [7, 11) is -1.84. The second-order valence-electron chi connectivity index (χ2n) is 8.80. The molecule has 8 nitrogen and oxygen atoms in total. The van der Waals surface area contributed by atoms with Crippen LogP contribution in [0.4, 0.5) is 18.9 Å². The fourth-order valence-corrected chi connectivity index (χ4v) is 6.66.